The first-order valence-corrected chi connectivity index (χ1v) is 10.4. The summed E-state index contributed by atoms with van der Waals surface area (Å²) < 4.78 is 0. The van der Waals surface area contributed by atoms with Gasteiger partial charge in [0.05, 0.1) is 5.69 Å². The van der Waals surface area contributed by atoms with E-state index in [0.717, 1.165) is 42.8 Å². The van der Waals surface area contributed by atoms with E-state index in [9.17, 15) is 5.11 Å². The summed E-state index contributed by atoms with van der Waals surface area (Å²) in [5, 5.41) is 20.3. The maximum atomic E-state index is 12.1. The highest BCUT2D eigenvalue weighted by Crippen LogP contribution is 2.48. The third-order valence-electron chi connectivity index (χ3n) is 6.59. The first-order chi connectivity index (χ1) is 14.7. The molecule has 2 atom stereocenters. The molecular weight excluding hydrogens is 372 g/mol. The van der Waals surface area contributed by atoms with Crippen LogP contribution in [-0.4, -0.2) is 44.3 Å². The monoisotopic (exact) mass is 396 g/mol. The van der Waals surface area contributed by atoms with Gasteiger partial charge in [-0.1, -0.05) is 36.3 Å². The number of rotatable bonds is 4. The van der Waals surface area contributed by atoms with Gasteiger partial charge in [-0.25, -0.2) is 0 Å². The zero-order valence-electron chi connectivity index (χ0n) is 16.8. The van der Waals surface area contributed by atoms with Crippen molar-refractivity contribution in [3.05, 3.63) is 77.6 Å². The Kier molecular flexibility index (Phi) is 4.82. The van der Waals surface area contributed by atoms with Crippen molar-refractivity contribution in [1.29, 1.82) is 0 Å². The van der Waals surface area contributed by atoms with E-state index < -0.39 is 5.60 Å². The standard InChI is InChI=1S/C25H24N4O/c1-2-24-25(30,20-10-13-29(24)14-11-20)21-17-26-23(22-9-6-12-27-28-22)16-19(21)15-18-7-4-3-5-8-18/h1,3-9,12,16-17,20,24,30H,10-11,13-15H2. The van der Waals surface area contributed by atoms with Gasteiger partial charge in [0.15, 0.2) is 0 Å². The maximum Gasteiger partial charge on any atom is 0.121 e. The molecule has 5 heterocycles. The second-order valence-corrected chi connectivity index (χ2v) is 8.20. The molecule has 3 fully saturated rings. The van der Waals surface area contributed by atoms with Crippen LogP contribution in [0.5, 0.6) is 0 Å². The Labute approximate surface area is 176 Å². The Hall–Kier alpha value is -3.07. The highest BCUT2D eigenvalue weighted by molar-refractivity contribution is 5.56. The van der Waals surface area contributed by atoms with Crippen molar-refractivity contribution >= 4 is 0 Å². The fourth-order valence-corrected chi connectivity index (χ4v) is 5.10. The van der Waals surface area contributed by atoms with Crippen molar-refractivity contribution < 1.29 is 5.11 Å². The van der Waals surface area contributed by atoms with Crippen LogP contribution in [0.1, 0.15) is 29.5 Å². The highest BCUT2D eigenvalue weighted by atomic mass is 16.3. The van der Waals surface area contributed by atoms with E-state index in [1.54, 1.807) is 6.20 Å². The summed E-state index contributed by atoms with van der Waals surface area (Å²) in [6.45, 7) is 1.89. The number of nitrogens with zero attached hydrogens (tertiary/aromatic N) is 4. The maximum absolute atomic E-state index is 12.1. The van der Waals surface area contributed by atoms with Gasteiger partial charge in [-0.2, -0.15) is 5.10 Å². The Morgan fingerprint density at radius 1 is 1.10 bits per heavy atom. The minimum Gasteiger partial charge on any atom is -0.382 e. The average molecular weight is 396 g/mol. The van der Waals surface area contributed by atoms with Crippen LogP contribution >= 0.6 is 0 Å². The lowest BCUT2D eigenvalue weighted by atomic mass is 9.66. The van der Waals surface area contributed by atoms with Crippen LogP contribution < -0.4 is 0 Å². The molecule has 30 heavy (non-hydrogen) atoms. The van der Waals surface area contributed by atoms with Crippen LogP contribution in [0.25, 0.3) is 11.4 Å². The van der Waals surface area contributed by atoms with Crippen molar-refractivity contribution in [3.63, 3.8) is 0 Å². The molecule has 2 bridgehead atoms. The summed E-state index contributed by atoms with van der Waals surface area (Å²) in [7, 11) is 0. The summed E-state index contributed by atoms with van der Waals surface area (Å²) in [5.74, 6) is 3.03. The molecular formula is C25H24N4O. The number of piperidine rings is 3. The lowest BCUT2D eigenvalue weighted by molar-refractivity contribution is -0.143. The number of terminal acetylenes is 1. The second-order valence-electron chi connectivity index (χ2n) is 8.20. The Morgan fingerprint density at radius 2 is 1.90 bits per heavy atom. The summed E-state index contributed by atoms with van der Waals surface area (Å²) in [4.78, 5) is 6.91. The van der Waals surface area contributed by atoms with Crippen LogP contribution in [0.4, 0.5) is 0 Å². The van der Waals surface area contributed by atoms with Crippen molar-refractivity contribution in [1.82, 2.24) is 20.1 Å². The fourth-order valence-electron chi connectivity index (χ4n) is 5.10. The smallest absolute Gasteiger partial charge is 0.121 e. The number of benzene rings is 1. The lowest BCUT2D eigenvalue weighted by Gasteiger charge is -2.54. The number of hydrogen-bond acceptors (Lipinski definition) is 5. The molecule has 0 amide bonds. The van der Waals surface area contributed by atoms with E-state index >= 15 is 0 Å². The number of aliphatic hydroxyl groups is 1. The molecule has 0 radical (unpaired) electrons. The van der Waals surface area contributed by atoms with E-state index in [2.05, 4.69) is 38.1 Å². The molecule has 150 valence electrons. The molecule has 3 saturated heterocycles. The van der Waals surface area contributed by atoms with Crippen LogP contribution in [-0.2, 0) is 12.0 Å². The van der Waals surface area contributed by atoms with Gasteiger partial charge in [0.25, 0.3) is 0 Å². The summed E-state index contributed by atoms with van der Waals surface area (Å²) >= 11 is 0. The Balaban J connectivity index is 1.65. The van der Waals surface area contributed by atoms with E-state index in [0.29, 0.717) is 12.1 Å². The zero-order chi connectivity index (χ0) is 20.6. The predicted molar refractivity (Wildman–Crippen MR) is 115 cm³/mol. The van der Waals surface area contributed by atoms with E-state index in [-0.39, 0.29) is 12.0 Å². The van der Waals surface area contributed by atoms with Crippen LogP contribution in [0, 0.1) is 18.3 Å². The van der Waals surface area contributed by atoms with Gasteiger partial charge in [0.2, 0.25) is 0 Å². The van der Waals surface area contributed by atoms with Gasteiger partial charge in [-0.3, -0.25) is 9.88 Å². The molecule has 3 aliphatic heterocycles. The van der Waals surface area contributed by atoms with E-state index in [1.807, 2.05) is 42.6 Å². The number of hydrogen-bond donors (Lipinski definition) is 1. The molecule has 3 aromatic rings. The molecule has 2 unspecified atom stereocenters. The molecule has 5 nitrogen and oxygen atoms in total. The molecule has 1 N–H and O–H groups in total. The van der Waals surface area contributed by atoms with Gasteiger partial charge < -0.3 is 5.11 Å². The van der Waals surface area contributed by atoms with Crippen LogP contribution in [0.15, 0.2) is 60.9 Å². The van der Waals surface area contributed by atoms with Crippen molar-refractivity contribution in [2.45, 2.75) is 30.9 Å². The number of aromatic nitrogens is 3. The molecule has 5 heteroatoms. The molecule has 0 spiro atoms. The van der Waals surface area contributed by atoms with Gasteiger partial charge in [-0.05, 0) is 67.6 Å². The van der Waals surface area contributed by atoms with Gasteiger partial charge >= 0.3 is 0 Å². The zero-order valence-corrected chi connectivity index (χ0v) is 16.8. The molecule has 6 rings (SSSR count). The van der Waals surface area contributed by atoms with Crippen LogP contribution in [0.3, 0.4) is 0 Å². The van der Waals surface area contributed by atoms with Gasteiger partial charge in [0.1, 0.15) is 17.3 Å². The minimum absolute atomic E-state index is 0.141. The van der Waals surface area contributed by atoms with Gasteiger partial charge in [-0.15, -0.1) is 11.5 Å². The first kappa shape index (κ1) is 18.9. The quantitative estimate of drug-likeness (QED) is 0.687. The van der Waals surface area contributed by atoms with Gasteiger partial charge in [0, 0.05) is 18.0 Å². The Bertz CT molecular complexity index is 1070. The SMILES string of the molecule is C#CC1N2CCC(CC2)C1(O)c1cnc(-c2cccnn2)cc1Cc1ccccc1. The van der Waals surface area contributed by atoms with Crippen molar-refractivity contribution in [2.75, 3.05) is 13.1 Å². The van der Waals surface area contributed by atoms with E-state index in [4.69, 9.17) is 6.42 Å². The van der Waals surface area contributed by atoms with E-state index in [1.165, 1.54) is 5.56 Å². The third-order valence-corrected chi connectivity index (χ3v) is 6.59. The second kappa shape index (κ2) is 7.64. The lowest BCUT2D eigenvalue weighted by Crippen LogP contribution is -2.63. The fraction of sp³-hybridized carbons (Fsp3) is 0.320. The summed E-state index contributed by atoms with van der Waals surface area (Å²) in [6, 6.07) is 15.7. The van der Waals surface area contributed by atoms with Crippen molar-refractivity contribution in [3.8, 4) is 23.7 Å². The predicted octanol–water partition coefficient (Wildman–Crippen LogP) is 3.04. The molecule has 2 aromatic heterocycles. The normalized spacial score (nSPS) is 27.5. The molecule has 1 aromatic carbocycles. The van der Waals surface area contributed by atoms with Crippen LogP contribution in [0.2, 0.25) is 0 Å². The first-order valence-electron chi connectivity index (χ1n) is 10.4. The number of pyridine rings is 1. The number of fused-ring (bicyclic) bond motifs is 3. The molecule has 0 aliphatic carbocycles. The summed E-state index contributed by atoms with van der Waals surface area (Å²) in [5.41, 5.74) is 3.43. The third kappa shape index (κ3) is 3.09. The molecule has 3 aliphatic rings. The largest absolute Gasteiger partial charge is 0.382 e. The Morgan fingerprint density at radius 3 is 2.60 bits per heavy atom. The topological polar surface area (TPSA) is 62.1 Å². The van der Waals surface area contributed by atoms with Crippen molar-refractivity contribution in [2.24, 2.45) is 5.92 Å². The summed E-state index contributed by atoms with van der Waals surface area (Å²) in [6.07, 6.45) is 12.0. The average Bonchev–Trinajstić information content (AvgIpc) is 2.81. The highest BCUT2D eigenvalue weighted by Gasteiger charge is 2.54. The minimum atomic E-state index is -1.09. The molecule has 0 saturated carbocycles.